The van der Waals surface area contributed by atoms with Gasteiger partial charge in [-0.1, -0.05) is 38.1 Å². The van der Waals surface area contributed by atoms with Gasteiger partial charge in [0, 0.05) is 10.8 Å². The van der Waals surface area contributed by atoms with Gasteiger partial charge in [-0.15, -0.1) is 0 Å². The molecule has 0 spiro atoms. The summed E-state index contributed by atoms with van der Waals surface area (Å²) in [7, 11) is 0. The number of aromatic nitrogens is 4. The molecule has 0 unspecified atom stereocenters. The molecule has 11 rings (SSSR count). The van der Waals surface area contributed by atoms with Gasteiger partial charge in [-0.05, 0) is 83.6 Å². The molecule has 0 radical (unpaired) electrons. The van der Waals surface area contributed by atoms with E-state index in [-0.39, 0.29) is 10.8 Å². The van der Waals surface area contributed by atoms with E-state index in [1.54, 1.807) is 0 Å². The molecule has 42 heavy (non-hydrogen) atoms. The second kappa shape index (κ2) is 7.33. The monoisotopic (exact) mass is 550 g/mol. The van der Waals surface area contributed by atoms with Gasteiger partial charge in [0.1, 0.15) is 0 Å². The highest BCUT2D eigenvalue weighted by atomic mass is 16.6. The molecule has 0 fully saturated rings. The molecule has 2 bridgehead atoms. The Morgan fingerprint density at radius 2 is 0.714 bits per heavy atom. The number of benzene rings is 4. The molecule has 0 saturated heterocycles. The number of hydrogen-bond donors (Lipinski definition) is 0. The van der Waals surface area contributed by atoms with E-state index in [1.165, 1.54) is 22.3 Å². The zero-order valence-corrected chi connectivity index (χ0v) is 22.8. The lowest BCUT2D eigenvalue weighted by Gasteiger charge is -2.53. The van der Waals surface area contributed by atoms with E-state index >= 15 is 0 Å². The summed E-state index contributed by atoms with van der Waals surface area (Å²) in [4.78, 5) is 18.7. The molecule has 0 amide bonds. The zero-order chi connectivity index (χ0) is 27.8. The van der Waals surface area contributed by atoms with Crippen molar-refractivity contribution in [2.45, 2.75) is 37.5 Å². The van der Waals surface area contributed by atoms with Crippen LogP contribution in [0.4, 0.5) is 0 Å². The molecule has 6 aromatic rings. The Balaban J connectivity index is 1.11. The van der Waals surface area contributed by atoms with Crippen LogP contribution in [0.25, 0.3) is 22.1 Å². The fourth-order valence-corrected chi connectivity index (χ4v) is 7.21. The normalized spacial score (nSPS) is 21.9. The fourth-order valence-electron chi connectivity index (χ4n) is 7.21. The fraction of sp³-hybridized carbons (Fsp3) is 0.176. The topological polar surface area (TPSA) is 88.5 Å². The van der Waals surface area contributed by atoms with E-state index in [4.69, 9.17) is 18.9 Å². The molecule has 4 heterocycles. The van der Waals surface area contributed by atoms with Crippen molar-refractivity contribution in [2.24, 2.45) is 0 Å². The number of rotatable bonds is 0. The van der Waals surface area contributed by atoms with Crippen molar-refractivity contribution in [1.29, 1.82) is 0 Å². The third-order valence-electron chi connectivity index (χ3n) is 9.51. The Morgan fingerprint density at radius 1 is 0.452 bits per heavy atom. The van der Waals surface area contributed by atoms with E-state index in [0.717, 1.165) is 34.9 Å². The molecular weight excluding hydrogens is 528 g/mol. The molecule has 2 aromatic heterocycles. The van der Waals surface area contributed by atoms with Crippen molar-refractivity contribution < 1.29 is 18.9 Å². The first-order valence-electron chi connectivity index (χ1n) is 14.1. The largest absolute Gasteiger partial charge is 0.431 e. The lowest BCUT2D eigenvalue weighted by atomic mass is 9.50. The maximum atomic E-state index is 6.33. The molecule has 0 atom stereocenters. The lowest BCUT2D eigenvalue weighted by molar-refractivity contribution is 0.302. The Hall–Kier alpha value is -5.24. The second-order valence-corrected chi connectivity index (χ2v) is 11.9. The number of hydrogen-bond acceptors (Lipinski definition) is 8. The molecule has 2 aliphatic heterocycles. The highest BCUT2D eigenvalue weighted by Gasteiger charge is 2.53. The molecule has 0 saturated carbocycles. The van der Waals surface area contributed by atoms with E-state index in [0.29, 0.717) is 46.5 Å². The quantitative estimate of drug-likeness (QED) is 0.187. The van der Waals surface area contributed by atoms with Gasteiger partial charge in [0.05, 0.1) is 22.1 Å². The number of para-hydroxylation sites is 4. The minimum atomic E-state index is -0.260. The predicted molar refractivity (Wildman–Crippen MR) is 154 cm³/mol. The average molecular weight is 551 g/mol. The maximum Gasteiger partial charge on any atom is 0.284 e. The number of ether oxygens (including phenoxy) is 4. The third-order valence-corrected chi connectivity index (χ3v) is 9.51. The summed E-state index contributed by atoms with van der Waals surface area (Å²) >= 11 is 0. The van der Waals surface area contributed by atoms with Crippen molar-refractivity contribution in [3.8, 4) is 46.5 Å². The van der Waals surface area contributed by atoms with Gasteiger partial charge in [0.2, 0.25) is 0 Å². The van der Waals surface area contributed by atoms with Gasteiger partial charge in [-0.3, -0.25) is 0 Å². The molecule has 8 nitrogen and oxygen atoms in total. The standard InChI is InChI=1S/C34H22N4O4/c1-33-11-12-34(2,19-15-27-25(13-17(19)33)39-29-31(41-27)37-23-9-5-3-7-21(23)35-29)20-16-28-26(14-18(20)33)40-30-32(42-28)38-24-10-6-4-8-22(24)36-30/h3-10,13-16H,11-12H2,1-2H3. The van der Waals surface area contributed by atoms with Crippen LogP contribution >= 0.6 is 0 Å². The van der Waals surface area contributed by atoms with Crippen LogP contribution in [0.2, 0.25) is 0 Å². The highest BCUT2D eigenvalue weighted by Crippen LogP contribution is 2.63. The van der Waals surface area contributed by atoms with E-state index < -0.39 is 0 Å². The molecule has 3 aliphatic carbocycles. The summed E-state index contributed by atoms with van der Waals surface area (Å²) in [5, 5.41) is 0. The molecule has 5 aliphatic rings. The molecular formula is C34H22N4O4. The van der Waals surface area contributed by atoms with Crippen molar-refractivity contribution in [1.82, 2.24) is 19.9 Å². The van der Waals surface area contributed by atoms with Crippen molar-refractivity contribution in [2.75, 3.05) is 0 Å². The first kappa shape index (κ1) is 22.4. The van der Waals surface area contributed by atoms with Crippen LogP contribution in [-0.4, -0.2) is 19.9 Å². The minimum absolute atomic E-state index is 0.260. The summed E-state index contributed by atoms with van der Waals surface area (Å²) in [6.07, 6.45) is 1.98. The van der Waals surface area contributed by atoms with Gasteiger partial charge >= 0.3 is 0 Å². The van der Waals surface area contributed by atoms with Crippen molar-refractivity contribution in [3.05, 3.63) is 95.1 Å². The zero-order valence-electron chi connectivity index (χ0n) is 22.8. The maximum absolute atomic E-state index is 6.33. The minimum Gasteiger partial charge on any atom is -0.431 e. The van der Waals surface area contributed by atoms with Crippen molar-refractivity contribution in [3.63, 3.8) is 0 Å². The molecule has 0 N–H and O–H groups in total. The molecule has 8 heteroatoms. The summed E-state index contributed by atoms with van der Waals surface area (Å²) in [5.74, 6) is 4.13. The van der Waals surface area contributed by atoms with E-state index in [9.17, 15) is 0 Å². The second-order valence-electron chi connectivity index (χ2n) is 11.9. The Morgan fingerprint density at radius 3 is 0.976 bits per heavy atom. The Kier molecular flexibility index (Phi) is 3.92. The Bertz CT molecular complexity index is 1910. The van der Waals surface area contributed by atoms with Crippen LogP contribution in [0, 0.1) is 0 Å². The van der Waals surface area contributed by atoms with Crippen LogP contribution in [0.5, 0.6) is 46.5 Å². The predicted octanol–water partition coefficient (Wildman–Crippen LogP) is 8.09. The van der Waals surface area contributed by atoms with E-state index in [1.807, 2.05) is 48.5 Å². The van der Waals surface area contributed by atoms with E-state index in [2.05, 4.69) is 58.0 Å². The Labute approximate surface area is 239 Å². The average Bonchev–Trinajstić information content (AvgIpc) is 3.01. The molecule has 4 aromatic carbocycles. The molecule has 202 valence electrons. The first-order valence-corrected chi connectivity index (χ1v) is 14.1. The van der Waals surface area contributed by atoms with Crippen LogP contribution in [0.3, 0.4) is 0 Å². The third kappa shape index (κ3) is 2.76. The number of nitrogens with zero attached hydrogens (tertiary/aromatic N) is 4. The van der Waals surface area contributed by atoms with Crippen LogP contribution in [0.15, 0.2) is 72.8 Å². The van der Waals surface area contributed by atoms with Gasteiger partial charge < -0.3 is 18.9 Å². The SMILES string of the molecule is CC12CCC(C)(c3cc4c(cc31)Oc1nc3ccccc3nc1O4)c1cc3c(cc12)Oc1nc2ccccc2nc1O3. The smallest absolute Gasteiger partial charge is 0.284 e. The van der Waals surface area contributed by atoms with Gasteiger partial charge in [-0.2, -0.15) is 0 Å². The summed E-state index contributed by atoms with van der Waals surface area (Å²) in [6.45, 7) is 4.61. The van der Waals surface area contributed by atoms with Gasteiger partial charge in [0.15, 0.2) is 23.0 Å². The van der Waals surface area contributed by atoms with Crippen molar-refractivity contribution >= 4 is 22.1 Å². The summed E-state index contributed by atoms with van der Waals surface area (Å²) < 4.78 is 25.3. The van der Waals surface area contributed by atoms with Crippen LogP contribution in [0.1, 0.15) is 48.9 Å². The summed E-state index contributed by atoms with van der Waals surface area (Å²) in [5.41, 5.74) is 7.45. The first-order chi connectivity index (χ1) is 20.5. The van der Waals surface area contributed by atoms with Crippen LogP contribution in [-0.2, 0) is 10.8 Å². The van der Waals surface area contributed by atoms with Gasteiger partial charge in [0.25, 0.3) is 23.5 Å². The van der Waals surface area contributed by atoms with Crippen LogP contribution < -0.4 is 18.9 Å². The highest BCUT2D eigenvalue weighted by molar-refractivity contribution is 5.78. The van der Waals surface area contributed by atoms with Gasteiger partial charge in [-0.25, -0.2) is 19.9 Å². The lowest BCUT2D eigenvalue weighted by Crippen LogP contribution is -2.46. The summed E-state index contributed by atoms with van der Waals surface area (Å²) in [6, 6.07) is 24.0. The number of fused-ring (bicyclic) bond motifs is 7.